The van der Waals surface area contributed by atoms with E-state index in [2.05, 4.69) is 168 Å². The van der Waals surface area contributed by atoms with Crippen molar-refractivity contribution in [2.75, 3.05) is 0 Å². The summed E-state index contributed by atoms with van der Waals surface area (Å²) < 4.78 is 15.5. The summed E-state index contributed by atoms with van der Waals surface area (Å²) in [5.41, 5.74) is 11.3. The second kappa shape index (κ2) is 13.8. The van der Waals surface area contributed by atoms with Gasteiger partial charge in [0.05, 0.1) is 16.7 Å². The lowest BCUT2D eigenvalue weighted by molar-refractivity contribution is 0.668. The lowest BCUT2D eigenvalue weighted by Crippen LogP contribution is -2.00. The van der Waals surface area contributed by atoms with Crippen LogP contribution in [-0.4, -0.2) is 19.5 Å². The van der Waals surface area contributed by atoms with Crippen molar-refractivity contribution in [2.24, 2.45) is 0 Å². The highest BCUT2D eigenvalue weighted by molar-refractivity contribution is 6.17. The van der Waals surface area contributed by atoms with Gasteiger partial charge in [-0.05, 0) is 87.8 Å². The van der Waals surface area contributed by atoms with E-state index in [1.54, 1.807) is 0 Å². The fourth-order valence-electron chi connectivity index (χ4n) is 9.94. The monoisotopic (exact) mass is 830 g/mol. The Labute approximate surface area is 371 Å². The summed E-state index contributed by atoms with van der Waals surface area (Å²) in [6.07, 6.45) is 0. The van der Waals surface area contributed by atoms with Gasteiger partial charge in [0.1, 0.15) is 22.3 Å². The first-order valence-electron chi connectivity index (χ1n) is 21.8. The zero-order chi connectivity index (χ0) is 42.6. The number of hydrogen-bond donors (Lipinski definition) is 0. The lowest BCUT2D eigenvalue weighted by Gasteiger charge is -2.15. The molecule has 0 atom stereocenters. The molecule has 0 radical (unpaired) electrons. The van der Waals surface area contributed by atoms with Crippen LogP contribution < -0.4 is 0 Å². The van der Waals surface area contributed by atoms with Crippen LogP contribution in [0.25, 0.3) is 138 Å². The predicted molar refractivity (Wildman–Crippen MR) is 265 cm³/mol. The maximum atomic E-state index is 6.90. The highest BCUT2D eigenvalue weighted by Crippen LogP contribution is 2.44. The molecule has 14 aromatic rings. The van der Waals surface area contributed by atoms with Crippen LogP contribution in [-0.2, 0) is 0 Å². The van der Waals surface area contributed by atoms with Crippen molar-refractivity contribution in [2.45, 2.75) is 0 Å². The van der Waals surface area contributed by atoms with Crippen LogP contribution in [0.5, 0.6) is 0 Å². The van der Waals surface area contributed by atoms with E-state index in [1.807, 2.05) is 42.5 Å². The fourth-order valence-corrected chi connectivity index (χ4v) is 9.94. The normalized spacial score (nSPS) is 12.0. The third kappa shape index (κ3) is 5.57. The molecule has 65 heavy (non-hydrogen) atoms. The zero-order valence-corrected chi connectivity index (χ0v) is 34.7. The van der Waals surface area contributed by atoms with Gasteiger partial charge in [-0.3, -0.25) is 0 Å². The third-order valence-corrected chi connectivity index (χ3v) is 13.0. The summed E-state index contributed by atoms with van der Waals surface area (Å²) in [7, 11) is 0. The van der Waals surface area contributed by atoms with Gasteiger partial charge in [-0.15, -0.1) is 0 Å². The molecule has 0 spiro atoms. The van der Waals surface area contributed by atoms with Gasteiger partial charge in [0.15, 0.2) is 17.5 Å². The molecule has 0 amide bonds. The molecule has 0 unspecified atom stereocenters. The van der Waals surface area contributed by atoms with E-state index in [-0.39, 0.29) is 0 Å². The summed E-state index contributed by atoms with van der Waals surface area (Å²) in [4.78, 5) is 15.8. The van der Waals surface area contributed by atoms with Crippen molar-refractivity contribution < 1.29 is 8.83 Å². The van der Waals surface area contributed by atoms with Crippen LogP contribution in [0.3, 0.4) is 0 Å². The quantitative estimate of drug-likeness (QED) is 0.173. The van der Waals surface area contributed by atoms with E-state index in [4.69, 9.17) is 23.8 Å². The molecular weight excluding hydrogens is 797 g/mol. The molecule has 0 fully saturated rings. The molecule has 6 nitrogen and oxygen atoms in total. The Morgan fingerprint density at radius 2 is 0.938 bits per heavy atom. The highest BCUT2D eigenvalue weighted by Gasteiger charge is 2.23. The Hall–Kier alpha value is -8.87. The Bertz CT molecular complexity index is 4250. The molecule has 4 aromatic heterocycles. The number of aromatic nitrogens is 4. The first-order chi connectivity index (χ1) is 32.2. The molecule has 14 rings (SSSR count). The second-order valence-corrected chi connectivity index (χ2v) is 16.8. The average molecular weight is 831 g/mol. The molecule has 6 heteroatoms. The molecule has 0 saturated heterocycles. The summed E-state index contributed by atoms with van der Waals surface area (Å²) in [6, 6.07) is 72.3. The summed E-state index contributed by atoms with van der Waals surface area (Å²) in [5.74, 6) is 1.72. The standard InChI is InChI=1S/C59H34N4O2/c1-2-14-36(15-3-1)45-33-48-55(34-51(45)63-49-22-10-8-19-42(49)46-30-38-17-6-7-18-39(38)32-50(46)63)65-54-24-12-21-44(56(48)54)59-61-57(40-26-25-35-13-4-5-16-37(35)29-40)60-58(62-59)41-27-28-53-47(31-41)43-20-9-11-23-52(43)64-53/h1-34H. The number of benzene rings is 10. The molecule has 4 heterocycles. The maximum absolute atomic E-state index is 6.90. The van der Waals surface area contributed by atoms with Crippen molar-refractivity contribution in [1.82, 2.24) is 19.5 Å². The topological polar surface area (TPSA) is 69.9 Å². The average Bonchev–Trinajstić information content (AvgIpc) is 4.04. The van der Waals surface area contributed by atoms with Crippen molar-refractivity contribution in [3.63, 3.8) is 0 Å². The van der Waals surface area contributed by atoms with Gasteiger partial charge in [0.2, 0.25) is 0 Å². The van der Waals surface area contributed by atoms with Crippen LogP contribution in [0.15, 0.2) is 215 Å². The predicted octanol–water partition coefficient (Wildman–Crippen LogP) is 15.7. The Morgan fingerprint density at radius 3 is 1.78 bits per heavy atom. The van der Waals surface area contributed by atoms with Crippen molar-refractivity contribution in [1.29, 1.82) is 0 Å². The molecule has 0 saturated carbocycles. The SMILES string of the molecule is c1ccc(-c2cc3c(cc2-n2c4ccccc4c4cc5ccccc5cc42)oc2cccc(-c4nc(-c5ccc6ccccc6c5)nc(-c5ccc6oc7ccccc7c6c5)n4)c23)cc1. The fraction of sp³-hybridized carbons (Fsp3) is 0. The number of hydrogen-bond acceptors (Lipinski definition) is 5. The Morgan fingerprint density at radius 1 is 0.308 bits per heavy atom. The van der Waals surface area contributed by atoms with Crippen LogP contribution in [0.4, 0.5) is 0 Å². The number of rotatable bonds is 5. The molecular formula is C59H34N4O2. The smallest absolute Gasteiger partial charge is 0.164 e. The lowest BCUT2D eigenvalue weighted by atomic mass is 9.98. The van der Waals surface area contributed by atoms with E-state index < -0.39 is 0 Å². The minimum atomic E-state index is 0.559. The number of fused-ring (bicyclic) bond motifs is 11. The van der Waals surface area contributed by atoms with E-state index in [0.29, 0.717) is 17.5 Å². The van der Waals surface area contributed by atoms with Crippen molar-refractivity contribution in [3.05, 3.63) is 206 Å². The van der Waals surface area contributed by atoms with Crippen molar-refractivity contribution >= 4 is 87.2 Å². The first-order valence-corrected chi connectivity index (χ1v) is 21.8. The summed E-state index contributed by atoms with van der Waals surface area (Å²) >= 11 is 0. The highest BCUT2D eigenvalue weighted by atomic mass is 16.3. The summed E-state index contributed by atoms with van der Waals surface area (Å²) in [6.45, 7) is 0. The molecule has 0 N–H and O–H groups in total. The molecule has 0 aliphatic carbocycles. The molecule has 0 aliphatic heterocycles. The number of nitrogens with zero attached hydrogens (tertiary/aromatic N) is 4. The van der Waals surface area contributed by atoms with Crippen LogP contribution in [0.1, 0.15) is 0 Å². The molecule has 10 aromatic carbocycles. The van der Waals surface area contributed by atoms with E-state index >= 15 is 0 Å². The van der Waals surface area contributed by atoms with Gasteiger partial charge in [-0.2, -0.15) is 0 Å². The zero-order valence-electron chi connectivity index (χ0n) is 34.7. The largest absolute Gasteiger partial charge is 0.456 e. The maximum Gasteiger partial charge on any atom is 0.164 e. The van der Waals surface area contributed by atoms with E-state index in [9.17, 15) is 0 Å². The van der Waals surface area contributed by atoms with E-state index in [0.717, 1.165) is 99.2 Å². The van der Waals surface area contributed by atoms with E-state index in [1.165, 1.54) is 21.5 Å². The van der Waals surface area contributed by atoms with Gasteiger partial charge in [-0.25, -0.2) is 15.0 Å². The van der Waals surface area contributed by atoms with Crippen LogP contribution >= 0.6 is 0 Å². The molecule has 0 aliphatic rings. The third-order valence-electron chi connectivity index (χ3n) is 13.0. The number of furan rings is 2. The molecule has 0 bridgehead atoms. The minimum absolute atomic E-state index is 0.559. The summed E-state index contributed by atoms with van der Waals surface area (Å²) in [5, 5.41) is 11.1. The van der Waals surface area contributed by atoms with Gasteiger partial charge in [-0.1, -0.05) is 140 Å². The molecule has 302 valence electrons. The Kier molecular flexibility index (Phi) is 7.59. The number of para-hydroxylation sites is 2. The van der Waals surface area contributed by atoms with Gasteiger partial charge >= 0.3 is 0 Å². The van der Waals surface area contributed by atoms with Crippen LogP contribution in [0.2, 0.25) is 0 Å². The minimum Gasteiger partial charge on any atom is -0.456 e. The van der Waals surface area contributed by atoms with Gasteiger partial charge in [0, 0.05) is 60.6 Å². The van der Waals surface area contributed by atoms with Crippen LogP contribution in [0, 0.1) is 0 Å². The second-order valence-electron chi connectivity index (χ2n) is 16.8. The van der Waals surface area contributed by atoms with Gasteiger partial charge in [0.25, 0.3) is 0 Å². The van der Waals surface area contributed by atoms with Gasteiger partial charge < -0.3 is 13.4 Å². The Balaban J connectivity index is 1.03. The van der Waals surface area contributed by atoms with Crippen molar-refractivity contribution in [3.8, 4) is 51.0 Å². The first kappa shape index (κ1) is 35.7.